The number of hydrazone groups is 1. The van der Waals surface area contributed by atoms with E-state index in [4.69, 9.17) is 0 Å². The number of carbonyl (C=O) groups is 1. The second-order valence-corrected chi connectivity index (χ2v) is 10.5. The van der Waals surface area contributed by atoms with Crippen LogP contribution in [0.25, 0.3) is 5.69 Å². The number of nitrogens with zero attached hydrogens (tertiary/aromatic N) is 3. The monoisotopic (exact) mass is 518 g/mol. The van der Waals surface area contributed by atoms with Gasteiger partial charge in [-0.2, -0.15) is 5.10 Å². The van der Waals surface area contributed by atoms with Gasteiger partial charge in [0.2, 0.25) is 10.0 Å². The molecule has 0 aliphatic carbocycles. The number of aromatic nitrogens is 1. The molecule has 0 unspecified atom stereocenters. The van der Waals surface area contributed by atoms with E-state index in [0.29, 0.717) is 11.3 Å². The van der Waals surface area contributed by atoms with Gasteiger partial charge in [-0.05, 0) is 74.0 Å². The Kier molecular flexibility index (Phi) is 7.54. The first kappa shape index (κ1) is 25.8. The van der Waals surface area contributed by atoms with Crippen molar-refractivity contribution in [2.75, 3.05) is 10.6 Å². The average molecular weight is 519 g/mol. The first-order valence-corrected chi connectivity index (χ1v) is 13.4. The topological polar surface area (TPSA) is 83.8 Å². The van der Waals surface area contributed by atoms with Crippen LogP contribution in [0, 0.1) is 19.7 Å². The highest BCUT2D eigenvalue weighted by Gasteiger charge is 2.18. The van der Waals surface area contributed by atoms with Gasteiger partial charge in [0, 0.05) is 28.2 Å². The maximum atomic E-state index is 13.3. The van der Waals surface area contributed by atoms with Crippen LogP contribution in [-0.2, 0) is 16.6 Å². The fraction of sp³-hybridized carbons (Fsp3) is 0.143. The number of halogens is 1. The van der Waals surface area contributed by atoms with Crippen molar-refractivity contribution >= 4 is 27.8 Å². The fourth-order valence-corrected chi connectivity index (χ4v) is 4.95. The van der Waals surface area contributed by atoms with E-state index >= 15 is 0 Å². The predicted molar refractivity (Wildman–Crippen MR) is 144 cm³/mol. The van der Waals surface area contributed by atoms with Gasteiger partial charge in [-0.1, -0.05) is 30.3 Å². The Morgan fingerprint density at radius 1 is 1.00 bits per heavy atom. The molecule has 9 heteroatoms. The number of hydrogen-bond donors (Lipinski definition) is 1. The highest BCUT2D eigenvalue weighted by Crippen LogP contribution is 2.22. The third-order valence-corrected chi connectivity index (χ3v) is 7.05. The van der Waals surface area contributed by atoms with E-state index in [-0.39, 0.29) is 12.4 Å². The van der Waals surface area contributed by atoms with E-state index in [1.165, 1.54) is 16.4 Å². The molecule has 0 fully saturated rings. The molecule has 0 aliphatic heterocycles. The number of amides is 1. The third kappa shape index (κ3) is 6.13. The molecule has 0 atom stereocenters. The van der Waals surface area contributed by atoms with Gasteiger partial charge in [0.1, 0.15) is 5.82 Å². The Morgan fingerprint density at radius 2 is 1.65 bits per heavy atom. The van der Waals surface area contributed by atoms with Gasteiger partial charge in [0.15, 0.2) is 0 Å². The summed E-state index contributed by atoms with van der Waals surface area (Å²) in [6, 6.07) is 23.7. The lowest BCUT2D eigenvalue weighted by Crippen LogP contribution is -2.29. The first-order chi connectivity index (χ1) is 17.6. The van der Waals surface area contributed by atoms with Gasteiger partial charge in [-0.25, -0.2) is 18.2 Å². The van der Waals surface area contributed by atoms with Gasteiger partial charge in [0.05, 0.1) is 24.7 Å². The Balaban J connectivity index is 1.46. The number of nitrogens with one attached hydrogen (secondary N) is 1. The predicted octanol–water partition coefficient (Wildman–Crippen LogP) is 4.96. The van der Waals surface area contributed by atoms with Crippen LogP contribution in [0.2, 0.25) is 0 Å². The minimum atomic E-state index is -3.53. The minimum absolute atomic E-state index is 0.186. The number of benzene rings is 3. The second kappa shape index (κ2) is 10.8. The Hall–Kier alpha value is -4.24. The SMILES string of the molecule is Cc1cc(/C=N\NC(=O)c2ccc(N(Cc3ccccc3)S(C)(=O)=O)cc2)c(C)n1-c1ccc(F)cc1. The third-order valence-electron chi connectivity index (χ3n) is 5.91. The van der Waals surface area contributed by atoms with Gasteiger partial charge in [-0.3, -0.25) is 9.10 Å². The summed E-state index contributed by atoms with van der Waals surface area (Å²) >= 11 is 0. The van der Waals surface area contributed by atoms with Crippen LogP contribution in [0.4, 0.5) is 10.1 Å². The Morgan fingerprint density at radius 3 is 2.27 bits per heavy atom. The summed E-state index contributed by atoms with van der Waals surface area (Å²) in [5, 5.41) is 4.09. The number of aryl methyl sites for hydroxylation is 1. The molecule has 0 spiro atoms. The van der Waals surface area contributed by atoms with Crippen LogP contribution in [0.1, 0.15) is 32.9 Å². The highest BCUT2D eigenvalue weighted by atomic mass is 32.2. The quantitative estimate of drug-likeness (QED) is 0.264. The second-order valence-electron chi connectivity index (χ2n) is 8.64. The summed E-state index contributed by atoms with van der Waals surface area (Å²) in [5.41, 5.74) is 7.63. The molecule has 0 saturated heterocycles. The van der Waals surface area contributed by atoms with Crippen molar-refractivity contribution in [1.29, 1.82) is 0 Å². The lowest BCUT2D eigenvalue weighted by Gasteiger charge is -2.22. The van der Waals surface area contributed by atoms with Gasteiger partial charge < -0.3 is 4.57 Å². The van der Waals surface area contributed by atoms with E-state index < -0.39 is 15.9 Å². The van der Waals surface area contributed by atoms with Crippen molar-refractivity contribution in [2.24, 2.45) is 5.10 Å². The molecule has 7 nitrogen and oxygen atoms in total. The van der Waals surface area contributed by atoms with Crippen molar-refractivity contribution in [2.45, 2.75) is 20.4 Å². The molecule has 4 aromatic rings. The van der Waals surface area contributed by atoms with Gasteiger partial charge in [-0.15, -0.1) is 0 Å². The van der Waals surface area contributed by atoms with Crippen LogP contribution >= 0.6 is 0 Å². The van der Waals surface area contributed by atoms with Crippen molar-refractivity contribution < 1.29 is 17.6 Å². The van der Waals surface area contributed by atoms with E-state index in [0.717, 1.165) is 34.5 Å². The van der Waals surface area contributed by atoms with Crippen LogP contribution < -0.4 is 9.73 Å². The van der Waals surface area contributed by atoms with Crippen molar-refractivity contribution in [3.05, 3.63) is 119 Å². The largest absolute Gasteiger partial charge is 0.318 e. The lowest BCUT2D eigenvalue weighted by molar-refractivity contribution is 0.0955. The molecule has 0 saturated carbocycles. The molecule has 37 heavy (non-hydrogen) atoms. The molecule has 4 rings (SSSR count). The number of anilines is 1. The molecule has 0 aliphatic rings. The molecular weight excluding hydrogens is 491 g/mol. The molecule has 190 valence electrons. The van der Waals surface area contributed by atoms with E-state index in [1.54, 1.807) is 42.6 Å². The van der Waals surface area contributed by atoms with E-state index in [9.17, 15) is 17.6 Å². The van der Waals surface area contributed by atoms with Gasteiger partial charge in [0.25, 0.3) is 5.91 Å². The smallest absolute Gasteiger partial charge is 0.271 e. The van der Waals surface area contributed by atoms with Crippen LogP contribution in [-0.4, -0.2) is 31.4 Å². The maximum absolute atomic E-state index is 13.3. The zero-order valence-corrected chi connectivity index (χ0v) is 21.5. The van der Waals surface area contributed by atoms with Crippen molar-refractivity contribution in [3.8, 4) is 5.69 Å². The summed E-state index contributed by atoms with van der Waals surface area (Å²) in [4.78, 5) is 12.6. The molecule has 3 aromatic carbocycles. The zero-order valence-electron chi connectivity index (χ0n) is 20.7. The molecule has 1 N–H and O–H groups in total. The Bertz CT molecular complexity index is 1530. The normalized spacial score (nSPS) is 11.6. The van der Waals surface area contributed by atoms with E-state index in [2.05, 4.69) is 10.5 Å². The summed E-state index contributed by atoms with van der Waals surface area (Å²) in [7, 11) is -3.53. The molecular formula is C28H27FN4O3S. The van der Waals surface area contributed by atoms with Crippen LogP contribution in [0.15, 0.2) is 90.0 Å². The standard InChI is InChI=1S/C28H27FN4O3S/c1-20-17-24(21(2)33(20)27-15-11-25(29)12-16-27)18-30-31-28(34)23-9-13-26(14-10-23)32(37(3,35)36)19-22-7-5-4-6-8-22/h4-18H,19H2,1-3H3,(H,31,34)/b30-18-. The first-order valence-electron chi connectivity index (χ1n) is 11.5. The molecule has 1 heterocycles. The summed E-state index contributed by atoms with van der Waals surface area (Å²) in [5.74, 6) is -0.729. The highest BCUT2D eigenvalue weighted by molar-refractivity contribution is 7.92. The number of sulfonamides is 1. The van der Waals surface area contributed by atoms with Crippen LogP contribution in [0.5, 0.6) is 0 Å². The molecule has 1 amide bonds. The molecule has 0 radical (unpaired) electrons. The molecule has 0 bridgehead atoms. The number of rotatable bonds is 8. The zero-order chi connectivity index (χ0) is 26.6. The van der Waals surface area contributed by atoms with Crippen LogP contribution in [0.3, 0.4) is 0 Å². The van der Waals surface area contributed by atoms with Gasteiger partial charge >= 0.3 is 0 Å². The fourth-order valence-electron chi connectivity index (χ4n) is 4.06. The molecule has 1 aromatic heterocycles. The minimum Gasteiger partial charge on any atom is -0.318 e. The average Bonchev–Trinajstić information content (AvgIpc) is 3.16. The Labute approximate surface area is 215 Å². The maximum Gasteiger partial charge on any atom is 0.271 e. The summed E-state index contributed by atoms with van der Waals surface area (Å²) in [6.45, 7) is 4.04. The van der Waals surface area contributed by atoms with Crippen molar-refractivity contribution in [3.63, 3.8) is 0 Å². The summed E-state index contributed by atoms with van der Waals surface area (Å²) in [6.07, 6.45) is 2.71. The van der Waals surface area contributed by atoms with Crippen molar-refractivity contribution in [1.82, 2.24) is 9.99 Å². The lowest BCUT2D eigenvalue weighted by atomic mass is 10.2. The summed E-state index contributed by atoms with van der Waals surface area (Å²) < 4.78 is 41.4. The van der Waals surface area contributed by atoms with E-state index in [1.807, 2.05) is 54.8 Å². The number of hydrogen-bond acceptors (Lipinski definition) is 4. The number of carbonyl (C=O) groups excluding carboxylic acids is 1.